The Hall–Kier alpha value is -1.39. The minimum Gasteiger partial charge on any atom is -0.464 e. The van der Waals surface area contributed by atoms with Crippen molar-refractivity contribution in [1.29, 1.82) is 0 Å². The summed E-state index contributed by atoms with van der Waals surface area (Å²) in [5.74, 6) is -0.177. The first-order valence-electron chi connectivity index (χ1n) is 7.81. The van der Waals surface area contributed by atoms with E-state index >= 15 is 0 Å². The van der Waals surface area contributed by atoms with E-state index in [-0.39, 0.29) is 5.97 Å². The molecular formula is C17H26N2O2. The SMILES string of the molecule is CCOC(=O)C(CN(C)CC)(NC1CC1)c1ccccc1. The summed E-state index contributed by atoms with van der Waals surface area (Å²) in [5, 5.41) is 3.55. The number of nitrogens with zero attached hydrogens (tertiary/aromatic N) is 1. The molecule has 0 aromatic heterocycles. The van der Waals surface area contributed by atoms with Crippen LogP contribution in [0.3, 0.4) is 0 Å². The number of carbonyl (C=O) groups excluding carboxylic acids is 1. The molecule has 1 aromatic carbocycles. The van der Waals surface area contributed by atoms with E-state index in [1.165, 1.54) is 0 Å². The van der Waals surface area contributed by atoms with Gasteiger partial charge in [-0.05, 0) is 38.9 Å². The van der Waals surface area contributed by atoms with Crippen LogP contribution in [0.2, 0.25) is 0 Å². The Morgan fingerprint density at radius 3 is 2.52 bits per heavy atom. The number of likely N-dealkylation sites (N-methyl/N-ethyl adjacent to an activating group) is 1. The highest BCUT2D eigenvalue weighted by Crippen LogP contribution is 2.30. The predicted molar refractivity (Wildman–Crippen MR) is 84.1 cm³/mol. The first kappa shape index (κ1) is 16.0. The molecule has 0 saturated heterocycles. The predicted octanol–water partition coefficient (Wildman–Crippen LogP) is 2.15. The zero-order chi connectivity index (χ0) is 15.3. The number of ether oxygens (including phenoxy) is 1. The number of nitrogens with one attached hydrogen (secondary N) is 1. The molecule has 0 bridgehead atoms. The Labute approximate surface area is 127 Å². The summed E-state index contributed by atoms with van der Waals surface area (Å²) in [6, 6.07) is 10.4. The molecule has 1 saturated carbocycles. The van der Waals surface area contributed by atoms with Crippen LogP contribution in [0.15, 0.2) is 30.3 Å². The van der Waals surface area contributed by atoms with E-state index in [9.17, 15) is 4.79 Å². The first-order valence-corrected chi connectivity index (χ1v) is 7.81. The molecule has 1 unspecified atom stereocenters. The topological polar surface area (TPSA) is 41.6 Å². The van der Waals surface area contributed by atoms with Crippen molar-refractivity contribution in [3.05, 3.63) is 35.9 Å². The third-order valence-electron chi connectivity index (χ3n) is 3.97. The van der Waals surface area contributed by atoms with Crippen molar-refractivity contribution in [2.75, 3.05) is 26.7 Å². The van der Waals surface area contributed by atoms with Gasteiger partial charge in [-0.3, -0.25) is 5.32 Å². The van der Waals surface area contributed by atoms with Crippen LogP contribution in [0, 0.1) is 0 Å². The molecule has 1 atom stereocenters. The van der Waals surface area contributed by atoms with E-state index in [0.717, 1.165) is 24.9 Å². The Bertz CT molecular complexity index is 459. The van der Waals surface area contributed by atoms with Crippen LogP contribution in [0.25, 0.3) is 0 Å². The van der Waals surface area contributed by atoms with E-state index in [0.29, 0.717) is 19.2 Å². The normalized spacial score (nSPS) is 17.5. The second-order valence-corrected chi connectivity index (χ2v) is 5.74. The monoisotopic (exact) mass is 290 g/mol. The largest absolute Gasteiger partial charge is 0.464 e. The number of rotatable bonds is 8. The van der Waals surface area contributed by atoms with Gasteiger partial charge in [-0.2, -0.15) is 0 Å². The molecule has 0 aliphatic heterocycles. The molecule has 2 rings (SSSR count). The van der Waals surface area contributed by atoms with E-state index in [2.05, 4.69) is 17.1 Å². The maximum atomic E-state index is 12.8. The molecule has 0 heterocycles. The average molecular weight is 290 g/mol. The van der Waals surface area contributed by atoms with Gasteiger partial charge >= 0.3 is 5.97 Å². The fourth-order valence-electron chi connectivity index (χ4n) is 2.53. The lowest BCUT2D eigenvalue weighted by molar-refractivity contribution is -0.152. The second-order valence-electron chi connectivity index (χ2n) is 5.74. The first-order chi connectivity index (χ1) is 10.1. The Kier molecular flexibility index (Phi) is 5.37. The molecule has 0 spiro atoms. The highest BCUT2D eigenvalue weighted by atomic mass is 16.5. The smallest absolute Gasteiger partial charge is 0.332 e. The van der Waals surface area contributed by atoms with Crippen molar-refractivity contribution in [3.63, 3.8) is 0 Å². The van der Waals surface area contributed by atoms with Crippen molar-refractivity contribution >= 4 is 5.97 Å². The molecule has 4 heteroatoms. The third-order valence-corrected chi connectivity index (χ3v) is 3.97. The van der Waals surface area contributed by atoms with E-state index in [1.54, 1.807) is 0 Å². The molecule has 21 heavy (non-hydrogen) atoms. The maximum absolute atomic E-state index is 12.8. The van der Waals surface area contributed by atoms with Crippen LogP contribution in [-0.4, -0.2) is 43.7 Å². The molecule has 4 nitrogen and oxygen atoms in total. The number of esters is 1. The maximum Gasteiger partial charge on any atom is 0.332 e. The number of carbonyl (C=O) groups is 1. The van der Waals surface area contributed by atoms with Crippen molar-refractivity contribution in [2.24, 2.45) is 0 Å². The van der Waals surface area contributed by atoms with Crippen LogP contribution < -0.4 is 5.32 Å². The van der Waals surface area contributed by atoms with Crippen molar-refractivity contribution in [2.45, 2.75) is 38.3 Å². The standard InChI is InChI=1S/C17H26N2O2/c1-4-19(3)13-17(16(20)21-5-2,18-15-11-12-15)14-9-7-6-8-10-14/h6-10,15,18H,4-5,11-13H2,1-3H3. The fourth-order valence-corrected chi connectivity index (χ4v) is 2.53. The van der Waals surface area contributed by atoms with Gasteiger partial charge in [0.1, 0.15) is 0 Å². The van der Waals surface area contributed by atoms with Gasteiger partial charge in [0, 0.05) is 12.6 Å². The molecule has 1 fully saturated rings. The number of hydrogen-bond acceptors (Lipinski definition) is 4. The Morgan fingerprint density at radius 1 is 1.33 bits per heavy atom. The van der Waals surface area contributed by atoms with E-state index < -0.39 is 5.54 Å². The second kappa shape index (κ2) is 7.05. The summed E-state index contributed by atoms with van der Waals surface area (Å²) >= 11 is 0. The molecule has 1 aliphatic carbocycles. The average Bonchev–Trinajstić information content (AvgIpc) is 3.31. The van der Waals surface area contributed by atoms with Crippen molar-refractivity contribution in [1.82, 2.24) is 10.2 Å². The fraction of sp³-hybridized carbons (Fsp3) is 0.588. The summed E-state index contributed by atoms with van der Waals surface area (Å²) < 4.78 is 5.41. The molecule has 0 radical (unpaired) electrons. The highest BCUT2D eigenvalue weighted by Gasteiger charge is 2.45. The van der Waals surface area contributed by atoms with Gasteiger partial charge in [0.2, 0.25) is 0 Å². The summed E-state index contributed by atoms with van der Waals surface area (Å²) in [6.07, 6.45) is 2.26. The van der Waals surface area contributed by atoms with Gasteiger partial charge in [0.05, 0.1) is 6.61 Å². The van der Waals surface area contributed by atoms with Gasteiger partial charge in [-0.1, -0.05) is 37.3 Å². The lowest BCUT2D eigenvalue weighted by Crippen LogP contribution is -2.57. The Balaban J connectivity index is 2.38. The van der Waals surface area contributed by atoms with Gasteiger partial charge in [0.25, 0.3) is 0 Å². The summed E-state index contributed by atoms with van der Waals surface area (Å²) in [4.78, 5) is 14.9. The van der Waals surface area contributed by atoms with Crippen molar-refractivity contribution in [3.8, 4) is 0 Å². The lowest BCUT2D eigenvalue weighted by atomic mass is 9.88. The minimum atomic E-state index is -0.775. The van der Waals surface area contributed by atoms with Gasteiger partial charge < -0.3 is 9.64 Å². The summed E-state index contributed by atoms with van der Waals surface area (Å²) in [7, 11) is 2.03. The van der Waals surface area contributed by atoms with E-state index in [4.69, 9.17) is 4.74 Å². The molecule has 1 N–H and O–H groups in total. The molecule has 1 aromatic rings. The van der Waals surface area contributed by atoms with Gasteiger partial charge in [0.15, 0.2) is 5.54 Å². The van der Waals surface area contributed by atoms with Crippen LogP contribution in [-0.2, 0) is 15.1 Å². The van der Waals surface area contributed by atoms with Gasteiger partial charge in [-0.25, -0.2) is 4.79 Å². The molecule has 116 valence electrons. The molecule has 1 aliphatic rings. The summed E-state index contributed by atoms with van der Waals surface area (Å²) in [6.45, 7) is 5.85. The Morgan fingerprint density at radius 2 is 2.00 bits per heavy atom. The third kappa shape index (κ3) is 3.83. The quantitative estimate of drug-likeness (QED) is 0.745. The van der Waals surface area contributed by atoms with Gasteiger partial charge in [-0.15, -0.1) is 0 Å². The number of benzene rings is 1. The highest BCUT2D eigenvalue weighted by molar-refractivity contribution is 5.83. The molecular weight excluding hydrogens is 264 g/mol. The van der Waals surface area contributed by atoms with Crippen molar-refractivity contribution < 1.29 is 9.53 Å². The zero-order valence-electron chi connectivity index (χ0n) is 13.3. The van der Waals surface area contributed by atoms with Crippen LogP contribution in [0.4, 0.5) is 0 Å². The minimum absolute atomic E-state index is 0.177. The summed E-state index contributed by atoms with van der Waals surface area (Å²) in [5.41, 5.74) is 0.207. The number of hydrogen-bond donors (Lipinski definition) is 1. The van der Waals surface area contributed by atoms with Crippen LogP contribution >= 0.6 is 0 Å². The lowest BCUT2D eigenvalue weighted by Gasteiger charge is -2.36. The van der Waals surface area contributed by atoms with Crippen LogP contribution in [0.1, 0.15) is 32.3 Å². The van der Waals surface area contributed by atoms with E-state index in [1.807, 2.05) is 44.3 Å². The molecule has 0 amide bonds. The zero-order valence-corrected chi connectivity index (χ0v) is 13.3. The van der Waals surface area contributed by atoms with Crippen LogP contribution in [0.5, 0.6) is 0 Å².